The Kier molecular flexibility index (Phi) is 19.3. The predicted molar refractivity (Wildman–Crippen MR) is 123 cm³/mol. The molecule has 0 aliphatic carbocycles. The van der Waals surface area contributed by atoms with Gasteiger partial charge in [0.1, 0.15) is 6.54 Å². The van der Waals surface area contributed by atoms with Gasteiger partial charge in [-0.3, -0.25) is 4.18 Å². The van der Waals surface area contributed by atoms with Crippen molar-refractivity contribution in [3.05, 3.63) is 30.1 Å². The van der Waals surface area contributed by atoms with Crippen molar-refractivity contribution in [1.82, 2.24) is 0 Å². The van der Waals surface area contributed by atoms with Gasteiger partial charge < -0.3 is 4.55 Å². The number of aromatic nitrogens is 1. The first-order valence-corrected chi connectivity index (χ1v) is 13.3. The van der Waals surface area contributed by atoms with Gasteiger partial charge in [-0.1, -0.05) is 84.0 Å². The van der Waals surface area contributed by atoms with Crippen molar-refractivity contribution < 1.29 is 21.7 Å². The van der Waals surface area contributed by atoms with Gasteiger partial charge in [0.25, 0.3) is 0 Å². The van der Waals surface area contributed by atoms with Gasteiger partial charge in [0, 0.05) is 18.1 Å². The first-order valence-electron chi connectivity index (χ1n) is 11.9. The molecule has 0 unspecified atom stereocenters. The summed E-state index contributed by atoms with van der Waals surface area (Å²) in [6, 6.07) is 4.32. The molecule has 0 N–H and O–H groups in total. The lowest BCUT2D eigenvalue weighted by Crippen LogP contribution is -2.32. The van der Waals surface area contributed by atoms with E-state index in [0.717, 1.165) is 0 Å². The minimum absolute atomic E-state index is 0.0914. The molecule has 0 spiro atoms. The highest BCUT2D eigenvalue weighted by Crippen LogP contribution is 2.12. The minimum Gasteiger partial charge on any atom is -0.726 e. The van der Waals surface area contributed by atoms with Gasteiger partial charge in [0.05, 0.1) is 6.61 Å². The highest BCUT2D eigenvalue weighted by molar-refractivity contribution is 7.80. The monoisotopic (exact) mass is 443 g/mol. The topological polar surface area (TPSA) is 70.3 Å². The number of hydrogen-bond acceptors (Lipinski definition) is 4. The molecule has 0 aromatic carbocycles. The van der Waals surface area contributed by atoms with Gasteiger partial charge in [-0.05, 0) is 26.3 Å². The maximum Gasteiger partial charge on any atom is 0.217 e. The van der Waals surface area contributed by atoms with Gasteiger partial charge in [-0.25, -0.2) is 13.0 Å². The Morgan fingerprint density at radius 3 is 1.67 bits per heavy atom. The summed E-state index contributed by atoms with van der Waals surface area (Å²) in [4.78, 5) is 0. The van der Waals surface area contributed by atoms with Crippen molar-refractivity contribution in [2.75, 3.05) is 6.61 Å². The molecule has 1 heterocycles. The maximum absolute atomic E-state index is 9.45. The summed E-state index contributed by atoms with van der Waals surface area (Å²) < 4.78 is 34.3. The van der Waals surface area contributed by atoms with Gasteiger partial charge in [0.15, 0.2) is 12.4 Å². The average molecular weight is 444 g/mol. The van der Waals surface area contributed by atoms with Crippen LogP contribution in [0.1, 0.15) is 109 Å². The largest absolute Gasteiger partial charge is 0.726 e. The van der Waals surface area contributed by atoms with Crippen LogP contribution in [0.2, 0.25) is 0 Å². The second-order valence-corrected chi connectivity index (χ2v) is 9.08. The van der Waals surface area contributed by atoms with Crippen LogP contribution in [0.25, 0.3) is 0 Å². The van der Waals surface area contributed by atoms with Crippen molar-refractivity contribution in [3.8, 4) is 0 Å². The predicted octanol–water partition coefficient (Wildman–Crippen LogP) is 6.25. The van der Waals surface area contributed by atoms with Crippen LogP contribution in [0.5, 0.6) is 0 Å². The molecule has 1 aromatic rings. The van der Waals surface area contributed by atoms with Crippen LogP contribution >= 0.6 is 0 Å². The van der Waals surface area contributed by atoms with Gasteiger partial charge in [-0.15, -0.1) is 0 Å². The smallest absolute Gasteiger partial charge is 0.217 e. The Labute approximate surface area is 186 Å². The lowest BCUT2D eigenvalue weighted by atomic mass is 10.0. The maximum atomic E-state index is 9.45. The van der Waals surface area contributed by atoms with Crippen LogP contribution in [0.4, 0.5) is 0 Å². The SMILES string of the molecule is CCCCCCCCCCCCCCCC[n+]1cccc(C)c1.CCOS(=O)(=O)[O-]. The summed E-state index contributed by atoms with van der Waals surface area (Å²) in [6.45, 7) is 6.98. The van der Waals surface area contributed by atoms with Crippen LogP contribution < -0.4 is 4.57 Å². The summed E-state index contributed by atoms with van der Waals surface area (Å²) in [5, 5.41) is 0. The normalized spacial score (nSPS) is 11.2. The third-order valence-corrected chi connectivity index (χ3v) is 5.56. The molecule has 6 heteroatoms. The van der Waals surface area contributed by atoms with Crippen molar-refractivity contribution in [1.29, 1.82) is 0 Å². The molecule has 0 fully saturated rings. The Morgan fingerprint density at radius 1 is 0.833 bits per heavy atom. The Morgan fingerprint density at radius 2 is 1.30 bits per heavy atom. The molecular formula is C24H45NO4S. The fourth-order valence-electron chi connectivity index (χ4n) is 3.43. The van der Waals surface area contributed by atoms with E-state index in [4.69, 9.17) is 0 Å². The first-order chi connectivity index (χ1) is 14.4. The molecule has 1 rings (SSSR count). The minimum atomic E-state index is -4.42. The molecule has 0 radical (unpaired) electrons. The molecular weight excluding hydrogens is 398 g/mol. The standard InChI is InChI=1S/C22H40N.C2H6O4S/c1-3-4-5-6-7-8-9-10-11-12-13-14-15-16-19-23-20-17-18-22(2)21-23;1-2-6-7(3,4)5/h17-18,20-21H,3-16,19H2,1-2H3;2H2,1H3,(H,3,4,5)/q+1;/p-1. The van der Waals surface area contributed by atoms with E-state index in [2.05, 4.69) is 47.1 Å². The van der Waals surface area contributed by atoms with E-state index < -0.39 is 10.4 Å². The van der Waals surface area contributed by atoms with Crippen molar-refractivity contribution >= 4 is 10.4 Å². The molecule has 0 saturated heterocycles. The van der Waals surface area contributed by atoms with Crippen LogP contribution in [0, 0.1) is 6.92 Å². The fourth-order valence-corrected chi connectivity index (χ4v) is 3.71. The fraction of sp³-hybridized carbons (Fsp3) is 0.792. The van der Waals surface area contributed by atoms with Crippen molar-refractivity contribution in [2.24, 2.45) is 0 Å². The Balaban J connectivity index is 0.00000103. The zero-order valence-corrected chi connectivity index (χ0v) is 20.4. The van der Waals surface area contributed by atoms with E-state index in [9.17, 15) is 13.0 Å². The van der Waals surface area contributed by atoms with E-state index in [-0.39, 0.29) is 6.61 Å². The summed E-state index contributed by atoms with van der Waals surface area (Å²) >= 11 is 0. The Bertz CT molecular complexity index is 605. The third kappa shape index (κ3) is 21.7. The molecule has 5 nitrogen and oxygen atoms in total. The van der Waals surface area contributed by atoms with Gasteiger partial charge in [0.2, 0.25) is 10.4 Å². The van der Waals surface area contributed by atoms with Crippen LogP contribution in [0.15, 0.2) is 24.5 Å². The molecule has 1 aromatic heterocycles. The molecule has 30 heavy (non-hydrogen) atoms. The quantitative estimate of drug-likeness (QED) is 0.123. The summed E-state index contributed by atoms with van der Waals surface area (Å²) in [7, 11) is -4.42. The highest BCUT2D eigenvalue weighted by Gasteiger charge is 2.00. The summed E-state index contributed by atoms with van der Waals surface area (Å²) in [5.74, 6) is 0. The number of aryl methyl sites for hydroxylation is 2. The van der Waals surface area contributed by atoms with E-state index in [0.29, 0.717) is 0 Å². The molecule has 0 saturated carbocycles. The number of unbranched alkanes of at least 4 members (excludes halogenated alkanes) is 13. The second-order valence-electron chi connectivity index (χ2n) is 8.03. The van der Waals surface area contributed by atoms with Gasteiger partial charge in [-0.2, -0.15) is 0 Å². The van der Waals surface area contributed by atoms with Crippen LogP contribution in [0.3, 0.4) is 0 Å². The third-order valence-electron chi connectivity index (χ3n) is 5.04. The zero-order chi connectivity index (χ0) is 22.5. The van der Waals surface area contributed by atoms with Crippen molar-refractivity contribution in [3.63, 3.8) is 0 Å². The molecule has 0 atom stereocenters. The summed E-state index contributed by atoms with van der Waals surface area (Å²) in [6.07, 6.45) is 24.5. The number of hydrogen-bond donors (Lipinski definition) is 0. The molecule has 0 aliphatic rings. The Hall–Kier alpha value is -0.980. The van der Waals surface area contributed by atoms with E-state index in [1.807, 2.05) is 0 Å². The molecule has 0 amide bonds. The molecule has 0 bridgehead atoms. The average Bonchev–Trinajstić information content (AvgIpc) is 2.68. The molecule has 176 valence electrons. The zero-order valence-electron chi connectivity index (χ0n) is 19.6. The van der Waals surface area contributed by atoms with E-state index in [1.54, 1.807) is 0 Å². The number of pyridine rings is 1. The molecule has 0 aliphatic heterocycles. The van der Waals surface area contributed by atoms with E-state index >= 15 is 0 Å². The second kappa shape index (κ2) is 20.0. The number of nitrogens with zero attached hydrogens (tertiary/aromatic N) is 1. The van der Waals surface area contributed by atoms with E-state index in [1.165, 1.54) is 109 Å². The van der Waals surface area contributed by atoms with Crippen LogP contribution in [-0.4, -0.2) is 19.6 Å². The summed E-state index contributed by atoms with van der Waals surface area (Å²) in [5.41, 5.74) is 1.36. The lowest BCUT2D eigenvalue weighted by molar-refractivity contribution is -0.697. The first kappa shape index (κ1) is 29.0. The van der Waals surface area contributed by atoms with Gasteiger partial charge >= 0.3 is 0 Å². The highest BCUT2D eigenvalue weighted by atomic mass is 32.3. The number of rotatable bonds is 17. The lowest BCUT2D eigenvalue weighted by Gasteiger charge is -2.03. The van der Waals surface area contributed by atoms with Crippen molar-refractivity contribution in [2.45, 2.75) is 117 Å². The van der Waals surface area contributed by atoms with Crippen LogP contribution in [-0.2, 0) is 21.1 Å².